The molecule has 0 spiro atoms. The van der Waals surface area contributed by atoms with Gasteiger partial charge in [-0.15, -0.1) is 0 Å². The Hall–Kier alpha value is -3.16. The highest BCUT2D eigenvalue weighted by Crippen LogP contribution is 2.09. The molecule has 0 fully saturated rings. The molecule has 0 aliphatic carbocycles. The second kappa shape index (κ2) is 7.91. The average molecular weight is 331 g/mol. The summed E-state index contributed by atoms with van der Waals surface area (Å²) >= 11 is 0. The predicted octanol–water partition coefficient (Wildman–Crippen LogP) is 1.20. The van der Waals surface area contributed by atoms with Crippen molar-refractivity contribution in [2.45, 2.75) is 13.8 Å². The molecule has 0 atom stereocenters. The second-order valence-electron chi connectivity index (χ2n) is 5.08. The van der Waals surface area contributed by atoms with Crippen molar-refractivity contribution < 1.29 is 23.6 Å². The van der Waals surface area contributed by atoms with Crippen LogP contribution < -0.4 is 10.6 Å². The van der Waals surface area contributed by atoms with Gasteiger partial charge in [0.1, 0.15) is 12.8 Å². The topological polar surface area (TPSA) is 111 Å². The molecule has 0 radical (unpaired) electrons. The Morgan fingerprint density at radius 3 is 2.62 bits per heavy atom. The van der Waals surface area contributed by atoms with E-state index in [1.165, 1.54) is 12.3 Å². The molecule has 24 heavy (non-hydrogen) atoms. The van der Waals surface area contributed by atoms with Crippen LogP contribution in [0.1, 0.15) is 21.5 Å². The van der Waals surface area contributed by atoms with Gasteiger partial charge in [0.15, 0.2) is 12.4 Å². The number of hydrogen-bond donors (Lipinski definition) is 2. The van der Waals surface area contributed by atoms with Crippen molar-refractivity contribution in [2.75, 3.05) is 18.5 Å². The highest BCUT2D eigenvalue weighted by atomic mass is 16.5. The smallest absolute Gasteiger partial charge is 0.325 e. The molecule has 2 amide bonds. The van der Waals surface area contributed by atoms with Crippen LogP contribution in [0.2, 0.25) is 0 Å². The monoisotopic (exact) mass is 331 g/mol. The first kappa shape index (κ1) is 17.2. The molecule has 1 aromatic carbocycles. The summed E-state index contributed by atoms with van der Waals surface area (Å²) in [4.78, 5) is 35.0. The second-order valence-corrected chi connectivity index (χ2v) is 5.08. The fourth-order valence-electron chi connectivity index (χ4n) is 1.79. The van der Waals surface area contributed by atoms with E-state index in [4.69, 9.17) is 4.74 Å². The van der Waals surface area contributed by atoms with Crippen molar-refractivity contribution >= 4 is 23.6 Å². The molecule has 2 N–H and O–H groups in total. The highest BCUT2D eigenvalue weighted by Gasteiger charge is 2.12. The molecule has 2 rings (SSSR count). The van der Waals surface area contributed by atoms with E-state index in [0.717, 1.165) is 11.1 Å². The van der Waals surface area contributed by atoms with Crippen LogP contribution in [0, 0.1) is 13.8 Å². The summed E-state index contributed by atoms with van der Waals surface area (Å²) < 4.78 is 9.30. The van der Waals surface area contributed by atoms with Crippen LogP contribution in [-0.4, -0.2) is 36.1 Å². The van der Waals surface area contributed by atoms with Crippen LogP contribution in [-0.2, 0) is 14.3 Å². The summed E-state index contributed by atoms with van der Waals surface area (Å²) in [7, 11) is 0. The highest BCUT2D eigenvalue weighted by molar-refractivity contribution is 5.96. The molecule has 0 saturated carbocycles. The van der Waals surface area contributed by atoms with Gasteiger partial charge in [0.05, 0.1) is 0 Å². The van der Waals surface area contributed by atoms with Crippen LogP contribution in [0.3, 0.4) is 0 Å². The summed E-state index contributed by atoms with van der Waals surface area (Å²) in [6.45, 7) is 3.03. The average Bonchev–Trinajstić information content (AvgIpc) is 3.06. The molecule has 0 aliphatic heterocycles. The Morgan fingerprint density at radius 2 is 1.96 bits per heavy atom. The lowest BCUT2D eigenvalue weighted by atomic mass is 10.1. The quantitative estimate of drug-likeness (QED) is 0.770. The van der Waals surface area contributed by atoms with Gasteiger partial charge in [0.2, 0.25) is 0 Å². The van der Waals surface area contributed by atoms with Crippen LogP contribution >= 0.6 is 0 Å². The minimum Gasteiger partial charge on any atom is -0.454 e. The van der Waals surface area contributed by atoms with Gasteiger partial charge in [-0.1, -0.05) is 11.2 Å². The van der Waals surface area contributed by atoms with E-state index in [-0.39, 0.29) is 18.3 Å². The third kappa shape index (κ3) is 4.94. The third-order valence-electron chi connectivity index (χ3n) is 3.23. The van der Waals surface area contributed by atoms with Gasteiger partial charge in [-0.2, -0.15) is 0 Å². The predicted molar refractivity (Wildman–Crippen MR) is 84.3 cm³/mol. The number of amides is 2. The lowest BCUT2D eigenvalue weighted by Crippen LogP contribution is -2.32. The summed E-state index contributed by atoms with van der Waals surface area (Å²) in [6.07, 6.45) is 1.30. The largest absolute Gasteiger partial charge is 0.454 e. The molecule has 0 bridgehead atoms. The van der Waals surface area contributed by atoms with E-state index in [1.54, 1.807) is 12.1 Å². The minimum absolute atomic E-state index is 0.221. The number of rotatable bonds is 6. The number of benzene rings is 1. The van der Waals surface area contributed by atoms with Gasteiger partial charge < -0.3 is 19.9 Å². The molecule has 1 heterocycles. The molecule has 8 heteroatoms. The summed E-state index contributed by atoms with van der Waals surface area (Å²) in [5, 5.41) is 8.30. The molecule has 2 aromatic rings. The number of carbonyl (C=O) groups excluding carboxylic acids is 3. The van der Waals surface area contributed by atoms with E-state index in [1.807, 2.05) is 19.9 Å². The van der Waals surface area contributed by atoms with Gasteiger partial charge in [0, 0.05) is 11.6 Å². The molecule has 126 valence electrons. The van der Waals surface area contributed by atoms with Crippen molar-refractivity contribution in [3.05, 3.63) is 47.2 Å². The van der Waals surface area contributed by atoms with Crippen molar-refractivity contribution in [3.8, 4) is 0 Å². The maximum atomic E-state index is 11.9. The van der Waals surface area contributed by atoms with Crippen molar-refractivity contribution in [2.24, 2.45) is 0 Å². The van der Waals surface area contributed by atoms with Crippen LogP contribution in [0.4, 0.5) is 5.82 Å². The Balaban J connectivity index is 1.73. The number of nitrogens with zero attached hydrogens (tertiary/aromatic N) is 1. The number of aryl methyl sites for hydroxylation is 2. The number of hydrogen-bond acceptors (Lipinski definition) is 6. The van der Waals surface area contributed by atoms with E-state index in [0.29, 0.717) is 5.56 Å². The number of nitrogens with one attached hydrogen (secondary N) is 2. The fourth-order valence-corrected chi connectivity index (χ4v) is 1.79. The van der Waals surface area contributed by atoms with Gasteiger partial charge in [0.25, 0.3) is 11.8 Å². The Kier molecular flexibility index (Phi) is 5.67. The first-order valence-corrected chi connectivity index (χ1v) is 7.17. The number of aromatic nitrogens is 1. The van der Waals surface area contributed by atoms with Gasteiger partial charge in [-0.05, 0) is 37.1 Å². The van der Waals surface area contributed by atoms with E-state index >= 15 is 0 Å². The maximum absolute atomic E-state index is 11.9. The number of esters is 1. The molecule has 0 saturated heterocycles. The van der Waals surface area contributed by atoms with E-state index < -0.39 is 18.5 Å². The van der Waals surface area contributed by atoms with Crippen LogP contribution in [0.5, 0.6) is 0 Å². The first-order chi connectivity index (χ1) is 11.5. The molecule has 0 aliphatic rings. The maximum Gasteiger partial charge on any atom is 0.325 e. The van der Waals surface area contributed by atoms with Crippen molar-refractivity contribution in [3.63, 3.8) is 0 Å². The first-order valence-electron chi connectivity index (χ1n) is 7.17. The SMILES string of the molecule is Cc1ccc(C(=O)NCC(=O)OCC(=O)Nc2ccon2)cc1C. The summed E-state index contributed by atoms with van der Waals surface area (Å²) in [6, 6.07) is 6.69. The van der Waals surface area contributed by atoms with Gasteiger partial charge >= 0.3 is 5.97 Å². The van der Waals surface area contributed by atoms with E-state index in [2.05, 4.69) is 20.3 Å². The third-order valence-corrected chi connectivity index (χ3v) is 3.23. The molecule has 8 nitrogen and oxygen atoms in total. The van der Waals surface area contributed by atoms with Crippen molar-refractivity contribution in [1.29, 1.82) is 0 Å². The summed E-state index contributed by atoms with van der Waals surface area (Å²) in [5.74, 6) is -1.44. The molecular formula is C16H17N3O5. The van der Waals surface area contributed by atoms with Crippen molar-refractivity contribution in [1.82, 2.24) is 10.5 Å². The van der Waals surface area contributed by atoms with E-state index in [9.17, 15) is 14.4 Å². The molecule has 1 aromatic heterocycles. The normalized spacial score (nSPS) is 10.1. The minimum atomic E-state index is -0.720. The zero-order valence-electron chi connectivity index (χ0n) is 13.3. The van der Waals surface area contributed by atoms with Gasteiger partial charge in [-0.25, -0.2) is 0 Å². The number of ether oxygens (including phenoxy) is 1. The lowest BCUT2D eigenvalue weighted by molar-refractivity contribution is -0.146. The molecule has 0 unspecified atom stereocenters. The zero-order valence-corrected chi connectivity index (χ0v) is 13.3. The fraction of sp³-hybridized carbons (Fsp3) is 0.250. The number of anilines is 1. The lowest BCUT2D eigenvalue weighted by Gasteiger charge is -2.07. The van der Waals surface area contributed by atoms with Crippen LogP contribution in [0.25, 0.3) is 0 Å². The zero-order chi connectivity index (χ0) is 17.5. The Morgan fingerprint density at radius 1 is 1.17 bits per heavy atom. The Bertz CT molecular complexity index is 740. The number of carbonyl (C=O) groups is 3. The molecular weight excluding hydrogens is 314 g/mol. The Labute approximate surface area is 138 Å². The standard InChI is InChI=1S/C16H17N3O5/c1-10-3-4-12(7-11(10)2)16(22)17-8-15(21)23-9-14(20)18-13-5-6-24-19-13/h3-7H,8-9H2,1-2H3,(H,17,22)(H,18,19,20). The van der Waals surface area contributed by atoms with Gasteiger partial charge in [-0.3, -0.25) is 14.4 Å². The van der Waals surface area contributed by atoms with Crippen LogP contribution in [0.15, 0.2) is 35.1 Å². The summed E-state index contributed by atoms with van der Waals surface area (Å²) in [5.41, 5.74) is 2.51.